The summed E-state index contributed by atoms with van der Waals surface area (Å²) in [5.41, 5.74) is 13.0. The summed E-state index contributed by atoms with van der Waals surface area (Å²) >= 11 is 1.87. The Bertz CT molecular complexity index is 2640. The highest BCUT2D eigenvalue weighted by Crippen LogP contribution is 2.57. The van der Waals surface area contributed by atoms with Crippen molar-refractivity contribution in [3.05, 3.63) is 222 Å². The molecule has 0 N–H and O–H groups in total. The molecule has 1 heterocycles. The van der Waals surface area contributed by atoms with Crippen LogP contribution in [0, 0.1) is 0 Å². The van der Waals surface area contributed by atoms with E-state index in [4.69, 9.17) is 0 Å². The zero-order valence-electron chi connectivity index (χ0n) is 27.9. The fourth-order valence-electron chi connectivity index (χ4n) is 8.32. The molecule has 0 aliphatic heterocycles. The smallest absolute Gasteiger partial charge is 0.0714 e. The fourth-order valence-corrected chi connectivity index (χ4v) is 9.41. The Morgan fingerprint density at radius 1 is 0.353 bits per heavy atom. The molecule has 0 spiro atoms. The lowest BCUT2D eigenvalue weighted by Gasteiger charge is -2.35. The average Bonchev–Trinajstić information content (AvgIpc) is 3.73. The second kappa shape index (κ2) is 12.0. The first-order chi connectivity index (χ1) is 25.3. The van der Waals surface area contributed by atoms with Gasteiger partial charge in [0.1, 0.15) is 0 Å². The minimum Gasteiger partial charge on any atom is -0.310 e. The molecule has 2 heteroatoms. The highest BCUT2D eigenvalue weighted by Gasteiger charge is 2.46. The lowest BCUT2D eigenvalue weighted by Crippen LogP contribution is -2.28. The van der Waals surface area contributed by atoms with Crippen LogP contribution in [-0.4, -0.2) is 0 Å². The summed E-state index contributed by atoms with van der Waals surface area (Å²) in [5.74, 6) is 0. The Hall–Kier alpha value is -6.22. The van der Waals surface area contributed by atoms with E-state index in [2.05, 4.69) is 205 Å². The van der Waals surface area contributed by atoms with Crippen molar-refractivity contribution in [2.75, 3.05) is 4.90 Å². The summed E-state index contributed by atoms with van der Waals surface area (Å²) < 4.78 is 2.64. The zero-order valence-corrected chi connectivity index (χ0v) is 28.7. The van der Waals surface area contributed by atoms with Gasteiger partial charge in [0.2, 0.25) is 0 Å². The summed E-state index contributed by atoms with van der Waals surface area (Å²) in [4.78, 5) is 2.38. The number of thiophene rings is 1. The van der Waals surface area contributed by atoms with E-state index < -0.39 is 5.41 Å². The van der Waals surface area contributed by atoms with Gasteiger partial charge in [-0.2, -0.15) is 0 Å². The number of hydrogen-bond donors (Lipinski definition) is 0. The van der Waals surface area contributed by atoms with Gasteiger partial charge in [-0.25, -0.2) is 0 Å². The third kappa shape index (κ3) is 4.68. The van der Waals surface area contributed by atoms with Crippen molar-refractivity contribution < 1.29 is 0 Å². The third-order valence-electron chi connectivity index (χ3n) is 10.5. The van der Waals surface area contributed by atoms with Crippen LogP contribution < -0.4 is 4.90 Å². The largest absolute Gasteiger partial charge is 0.310 e. The molecule has 1 nitrogen and oxygen atoms in total. The molecule has 0 unspecified atom stereocenters. The molecule has 0 amide bonds. The first-order valence-electron chi connectivity index (χ1n) is 17.5. The molecule has 8 aromatic carbocycles. The summed E-state index contributed by atoms with van der Waals surface area (Å²) in [6.45, 7) is 0. The second-order valence-corrected chi connectivity index (χ2v) is 14.4. The maximum absolute atomic E-state index is 2.47. The van der Waals surface area contributed by atoms with E-state index in [1.807, 2.05) is 11.3 Å². The van der Waals surface area contributed by atoms with E-state index >= 15 is 0 Å². The SMILES string of the molecule is c1ccc(-c2ccc(N(c3ccccc3)c3cccc(C4(c5ccc6sc7ccccc7c6c5)c5ccccc5-c5ccccc54)c3)cc2)cc1. The van der Waals surface area contributed by atoms with Crippen molar-refractivity contribution in [3.8, 4) is 22.3 Å². The lowest BCUT2D eigenvalue weighted by molar-refractivity contribution is 0.770. The lowest BCUT2D eigenvalue weighted by atomic mass is 9.67. The molecule has 0 fully saturated rings. The Morgan fingerprint density at radius 2 is 0.902 bits per heavy atom. The maximum atomic E-state index is 2.47. The number of hydrogen-bond acceptors (Lipinski definition) is 2. The summed E-state index contributed by atoms with van der Waals surface area (Å²) in [7, 11) is 0. The van der Waals surface area contributed by atoms with Gasteiger partial charge in [0, 0.05) is 37.2 Å². The molecule has 51 heavy (non-hydrogen) atoms. The van der Waals surface area contributed by atoms with Gasteiger partial charge in [0.25, 0.3) is 0 Å². The van der Waals surface area contributed by atoms with Gasteiger partial charge in [-0.05, 0) is 99.1 Å². The summed E-state index contributed by atoms with van der Waals surface area (Å²) in [6.07, 6.45) is 0. The quantitative estimate of drug-likeness (QED) is 0.171. The summed E-state index contributed by atoms with van der Waals surface area (Å²) in [5, 5.41) is 2.63. The molecule has 1 aliphatic carbocycles. The van der Waals surface area contributed by atoms with Crippen LogP contribution in [-0.2, 0) is 5.41 Å². The second-order valence-electron chi connectivity index (χ2n) is 13.3. The van der Waals surface area contributed by atoms with Gasteiger partial charge in [0.15, 0.2) is 0 Å². The van der Waals surface area contributed by atoms with E-state index in [0.717, 1.165) is 17.1 Å². The Kier molecular flexibility index (Phi) is 6.97. The van der Waals surface area contributed by atoms with E-state index in [0.29, 0.717) is 0 Å². The molecule has 1 aliphatic rings. The molecular weight excluding hydrogens is 635 g/mol. The van der Waals surface area contributed by atoms with Gasteiger partial charge >= 0.3 is 0 Å². The van der Waals surface area contributed by atoms with E-state index in [9.17, 15) is 0 Å². The Labute approximate surface area is 302 Å². The van der Waals surface area contributed by atoms with Crippen molar-refractivity contribution >= 4 is 48.6 Å². The minimum absolute atomic E-state index is 0.514. The van der Waals surface area contributed by atoms with Gasteiger partial charge < -0.3 is 4.90 Å². The molecular formula is C49H33NS. The van der Waals surface area contributed by atoms with Crippen LogP contribution in [0.1, 0.15) is 22.3 Å². The fraction of sp³-hybridized carbons (Fsp3) is 0.0204. The Balaban J connectivity index is 1.22. The topological polar surface area (TPSA) is 3.24 Å². The number of para-hydroxylation sites is 1. The number of benzene rings is 8. The highest BCUT2D eigenvalue weighted by molar-refractivity contribution is 7.25. The van der Waals surface area contributed by atoms with E-state index in [1.165, 1.54) is 64.7 Å². The van der Waals surface area contributed by atoms with E-state index in [1.54, 1.807) is 0 Å². The monoisotopic (exact) mass is 667 g/mol. The van der Waals surface area contributed by atoms with Crippen LogP contribution in [0.25, 0.3) is 42.4 Å². The summed E-state index contributed by atoms with van der Waals surface area (Å²) in [6, 6.07) is 73.5. The molecule has 0 atom stereocenters. The predicted octanol–water partition coefficient (Wildman–Crippen LogP) is 13.6. The molecule has 9 aromatic rings. The highest BCUT2D eigenvalue weighted by atomic mass is 32.1. The predicted molar refractivity (Wildman–Crippen MR) is 217 cm³/mol. The first-order valence-corrected chi connectivity index (χ1v) is 18.3. The van der Waals surface area contributed by atoms with Gasteiger partial charge in [-0.1, -0.05) is 146 Å². The van der Waals surface area contributed by atoms with Crippen LogP contribution >= 0.6 is 11.3 Å². The van der Waals surface area contributed by atoms with Gasteiger partial charge in [-0.3, -0.25) is 0 Å². The van der Waals surface area contributed by atoms with Crippen molar-refractivity contribution in [3.63, 3.8) is 0 Å². The Morgan fingerprint density at radius 3 is 1.65 bits per heavy atom. The first kappa shape index (κ1) is 29.7. The number of rotatable bonds is 6. The molecule has 0 saturated carbocycles. The average molecular weight is 668 g/mol. The van der Waals surface area contributed by atoms with Gasteiger partial charge in [0.05, 0.1) is 5.41 Å². The molecule has 0 saturated heterocycles. The molecule has 0 bridgehead atoms. The minimum atomic E-state index is -0.514. The van der Waals surface area contributed by atoms with Crippen LogP contribution in [0.5, 0.6) is 0 Å². The van der Waals surface area contributed by atoms with Crippen molar-refractivity contribution in [1.82, 2.24) is 0 Å². The number of anilines is 3. The third-order valence-corrected chi connectivity index (χ3v) is 11.7. The zero-order chi connectivity index (χ0) is 33.8. The molecule has 0 radical (unpaired) electrons. The number of fused-ring (bicyclic) bond motifs is 6. The van der Waals surface area contributed by atoms with Gasteiger partial charge in [-0.15, -0.1) is 11.3 Å². The van der Waals surface area contributed by atoms with Crippen LogP contribution in [0.4, 0.5) is 17.1 Å². The van der Waals surface area contributed by atoms with Crippen molar-refractivity contribution in [1.29, 1.82) is 0 Å². The standard InChI is InChI=1S/C49H33NS/c1-3-14-34(15-4-1)35-26-29-39(30-27-35)50(38-17-5-2-6-18-38)40-19-13-16-36(32-40)49(45-23-10-7-20-41(45)42-21-8-11-24-46(42)49)37-28-31-48-44(33-37)43-22-9-12-25-47(43)51-48/h1-33H. The molecule has 240 valence electrons. The molecule has 10 rings (SSSR count). The molecule has 1 aromatic heterocycles. The number of nitrogens with zero attached hydrogens (tertiary/aromatic N) is 1. The van der Waals surface area contributed by atoms with Crippen LogP contribution in [0.2, 0.25) is 0 Å². The van der Waals surface area contributed by atoms with Crippen LogP contribution in [0.3, 0.4) is 0 Å². The van der Waals surface area contributed by atoms with E-state index in [-0.39, 0.29) is 0 Å². The normalized spacial score (nSPS) is 12.9. The van der Waals surface area contributed by atoms with Crippen molar-refractivity contribution in [2.45, 2.75) is 5.41 Å². The van der Waals surface area contributed by atoms with Crippen molar-refractivity contribution in [2.24, 2.45) is 0 Å². The maximum Gasteiger partial charge on any atom is 0.0714 e. The van der Waals surface area contributed by atoms with Crippen LogP contribution in [0.15, 0.2) is 200 Å².